The fourth-order valence-electron chi connectivity index (χ4n) is 2.13. The Balaban J connectivity index is 2.11. The van der Waals surface area contributed by atoms with Gasteiger partial charge in [0.2, 0.25) is 0 Å². The Morgan fingerprint density at radius 3 is 2.69 bits per heavy atom. The smallest absolute Gasteiger partial charge is 0.407 e. The summed E-state index contributed by atoms with van der Waals surface area (Å²) in [6, 6.07) is 1.80. The Kier molecular flexibility index (Phi) is 6.60. The van der Waals surface area contributed by atoms with Crippen LogP contribution in [0.1, 0.15) is 41.8 Å². The third kappa shape index (κ3) is 5.43. The van der Waals surface area contributed by atoms with Crippen molar-refractivity contribution in [3.05, 3.63) is 32.7 Å². The van der Waals surface area contributed by atoms with Crippen LogP contribution in [0.2, 0.25) is 5.02 Å². The van der Waals surface area contributed by atoms with E-state index in [0.717, 1.165) is 4.88 Å². The fraction of sp³-hybridized carbons (Fsp3) is 0.500. The van der Waals surface area contributed by atoms with E-state index in [0.29, 0.717) is 23.7 Å². The summed E-state index contributed by atoms with van der Waals surface area (Å²) in [4.78, 5) is 24.6. The Labute approximate surface area is 160 Å². The van der Waals surface area contributed by atoms with E-state index in [4.69, 9.17) is 21.1 Å². The molecule has 1 amide bonds. The van der Waals surface area contributed by atoms with Gasteiger partial charge in [-0.2, -0.15) is 0 Å². The zero-order valence-corrected chi connectivity index (χ0v) is 16.6. The molecule has 26 heavy (non-hydrogen) atoms. The van der Waals surface area contributed by atoms with Crippen LogP contribution in [-0.4, -0.2) is 46.3 Å². The molecule has 0 saturated heterocycles. The molecule has 2 rings (SSSR count). The van der Waals surface area contributed by atoms with Crippen LogP contribution in [0.15, 0.2) is 11.4 Å². The van der Waals surface area contributed by atoms with Crippen molar-refractivity contribution in [2.45, 2.75) is 39.3 Å². The number of rotatable bonds is 6. The molecule has 0 aromatic carbocycles. The molecule has 0 fully saturated rings. The summed E-state index contributed by atoms with van der Waals surface area (Å²) in [5.74, 6) is -0.583. The number of ether oxygens (including phenoxy) is 2. The van der Waals surface area contributed by atoms with E-state index in [1.165, 1.54) is 18.4 Å². The number of thiophene rings is 1. The summed E-state index contributed by atoms with van der Waals surface area (Å²) in [5.41, 5.74) is 0.0871. The molecule has 0 spiro atoms. The Morgan fingerprint density at radius 2 is 2.12 bits per heavy atom. The molecule has 2 aromatic rings. The number of nitrogens with one attached hydrogen (secondary N) is 1. The number of hydrogen-bond donors (Lipinski definition) is 1. The van der Waals surface area contributed by atoms with E-state index in [1.807, 2.05) is 5.38 Å². The number of halogens is 1. The van der Waals surface area contributed by atoms with Crippen molar-refractivity contribution in [3.8, 4) is 0 Å². The lowest BCUT2D eigenvalue weighted by atomic mass is 10.2. The van der Waals surface area contributed by atoms with Crippen LogP contribution in [-0.2, 0) is 22.4 Å². The highest BCUT2D eigenvalue weighted by atomic mass is 35.5. The average Bonchev–Trinajstić information content (AvgIpc) is 3.12. The zero-order chi connectivity index (χ0) is 19.3. The minimum absolute atomic E-state index is 0.117. The molecule has 10 heteroatoms. The van der Waals surface area contributed by atoms with Gasteiger partial charge in [0.05, 0.1) is 24.4 Å². The lowest BCUT2D eigenvalue weighted by Crippen LogP contribution is -2.34. The van der Waals surface area contributed by atoms with Gasteiger partial charge in [-0.1, -0.05) is 16.8 Å². The number of amides is 1. The third-order valence-electron chi connectivity index (χ3n) is 3.23. The third-order valence-corrected chi connectivity index (χ3v) is 4.60. The molecule has 2 aromatic heterocycles. The minimum atomic E-state index is -0.583. The van der Waals surface area contributed by atoms with Crippen molar-refractivity contribution in [3.63, 3.8) is 0 Å². The number of hydrogen-bond acceptors (Lipinski definition) is 7. The standard InChI is InChI=1S/C16H21ClN4O4S/c1-16(2,3)25-15(23)18-7-5-11-13(14(22)24-4)19-20-21(11)9-12-10(17)6-8-26-12/h6,8H,5,7,9H2,1-4H3,(H,18,23). The van der Waals surface area contributed by atoms with Gasteiger partial charge < -0.3 is 14.8 Å². The Hall–Kier alpha value is -2.13. The molecule has 0 bridgehead atoms. The van der Waals surface area contributed by atoms with Gasteiger partial charge in [0.25, 0.3) is 0 Å². The van der Waals surface area contributed by atoms with Crippen molar-refractivity contribution in [2.75, 3.05) is 13.7 Å². The average molecular weight is 401 g/mol. The highest BCUT2D eigenvalue weighted by molar-refractivity contribution is 7.10. The first-order chi connectivity index (χ1) is 12.2. The maximum absolute atomic E-state index is 11.9. The van der Waals surface area contributed by atoms with Crippen LogP contribution in [0.3, 0.4) is 0 Å². The van der Waals surface area contributed by atoms with Crippen molar-refractivity contribution >= 4 is 35.0 Å². The molecule has 8 nitrogen and oxygen atoms in total. The van der Waals surface area contributed by atoms with Crippen LogP contribution < -0.4 is 5.32 Å². The second kappa shape index (κ2) is 8.50. The van der Waals surface area contributed by atoms with Crippen LogP contribution in [0, 0.1) is 0 Å². The molecule has 142 valence electrons. The lowest BCUT2D eigenvalue weighted by molar-refractivity contribution is 0.0528. The lowest BCUT2D eigenvalue weighted by Gasteiger charge is -2.19. The van der Waals surface area contributed by atoms with Gasteiger partial charge in [-0.25, -0.2) is 14.3 Å². The number of carbonyl (C=O) groups excluding carboxylic acids is 2. The Morgan fingerprint density at radius 1 is 1.38 bits per heavy atom. The minimum Gasteiger partial charge on any atom is -0.464 e. The largest absolute Gasteiger partial charge is 0.464 e. The molecule has 0 radical (unpaired) electrons. The highest BCUT2D eigenvalue weighted by Gasteiger charge is 2.22. The van der Waals surface area contributed by atoms with Gasteiger partial charge >= 0.3 is 12.1 Å². The van der Waals surface area contributed by atoms with Gasteiger partial charge in [0, 0.05) is 17.8 Å². The van der Waals surface area contributed by atoms with E-state index in [2.05, 4.69) is 15.6 Å². The molecule has 1 N–H and O–H groups in total. The normalized spacial score (nSPS) is 11.3. The van der Waals surface area contributed by atoms with Crippen molar-refractivity contribution < 1.29 is 19.1 Å². The molecular weight excluding hydrogens is 380 g/mol. The fourth-order valence-corrected chi connectivity index (χ4v) is 3.21. The summed E-state index contributed by atoms with van der Waals surface area (Å²) >= 11 is 7.61. The second-order valence-corrected chi connectivity index (χ2v) is 7.81. The van der Waals surface area contributed by atoms with Gasteiger partial charge in [-0.15, -0.1) is 16.4 Å². The first-order valence-corrected chi connectivity index (χ1v) is 9.16. The molecule has 0 aliphatic rings. The van der Waals surface area contributed by atoms with Crippen LogP contribution in [0.5, 0.6) is 0 Å². The highest BCUT2D eigenvalue weighted by Crippen LogP contribution is 2.23. The number of methoxy groups -OCH3 is 1. The predicted octanol–water partition coefficient (Wildman–Crippen LogP) is 2.90. The van der Waals surface area contributed by atoms with E-state index in [1.54, 1.807) is 31.5 Å². The van der Waals surface area contributed by atoms with Crippen LogP contribution in [0.25, 0.3) is 0 Å². The summed E-state index contributed by atoms with van der Waals surface area (Å²) in [7, 11) is 1.28. The van der Waals surface area contributed by atoms with E-state index in [9.17, 15) is 9.59 Å². The number of nitrogens with zero attached hydrogens (tertiary/aromatic N) is 3. The molecular formula is C16H21ClN4O4S. The molecule has 0 saturated carbocycles. The summed E-state index contributed by atoms with van der Waals surface area (Å²) in [6.07, 6.45) is -0.197. The zero-order valence-electron chi connectivity index (χ0n) is 15.0. The number of aromatic nitrogens is 3. The summed E-state index contributed by atoms with van der Waals surface area (Å²) in [5, 5.41) is 13.1. The van der Waals surface area contributed by atoms with E-state index < -0.39 is 17.7 Å². The van der Waals surface area contributed by atoms with E-state index in [-0.39, 0.29) is 12.2 Å². The first kappa shape index (κ1) is 20.2. The summed E-state index contributed by atoms with van der Waals surface area (Å²) < 4.78 is 11.5. The molecule has 2 heterocycles. The molecule has 0 atom stereocenters. The Bertz CT molecular complexity index is 782. The monoisotopic (exact) mass is 400 g/mol. The SMILES string of the molecule is COC(=O)c1nnn(Cc2sccc2Cl)c1CCNC(=O)OC(C)(C)C. The predicted molar refractivity (Wildman–Crippen MR) is 97.7 cm³/mol. The van der Waals surface area contributed by atoms with Crippen LogP contribution in [0.4, 0.5) is 4.79 Å². The van der Waals surface area contributed by atoms with E-state index >= 15 is 0 Å². The van der Waals surface area contributed by atoms with Crippen molar-refractivity contribution in [1.82, 2.24) is 20.3 Å². The second-order valence-electron chi connectivity index (χ2n) is 6.40. The molecule has 0 unspecified atom stereocenters. The van der Waals surface area contributed by atoms with Gasteiger partial charge in [-0.05, 0) is 32.2 Å². The topological polar surface area (TPSA) is 95.3 Å². The van der Waals surface area contributed by atoms with Crippen LogP contribution >= 0.6 is 22.9 Å². The maximum Gasteiger partial charge on any atom is 0.407 e. The van der Waals surface area contributed by atoms with Gasteiger partial charge in [0.15, 0.2) is 5.69 Å². The van der Waals surface area contributed by atoms with Gasteiger partial charge in [0.1, 0.15) is 5.60 Å². The molecule has 0 aliphatic heterocycles. The quantitative estimate of drug-likeness (QED) is 0.749. The van der Waals surface area contributed by atoms with Gasteiger partial charge in [-0.3, -0.25) is 0 Å². The maximum atomic E-state index is 11.9. The summed E-state index contributed by atoms with van der Waals surface area (Å²) in [6.45, 7) is 5.98. The van der Waals surface area contributed by atoms with Crippen molar-refractivity contribution in [1.29, 1.82) is 0 Å². The first-order valence-electron chi connectivity index (χ1n) is 7.90. The molecule has 0 aliphatic carbocycles. The van der Waals surface area contributed by atoms with Crippen molar-refractivity contribution in [2.24, 2.45) is 0 Å². The number of alkyl carbamates (subject to hydrolysis) is 1. The number of esters is 1. The number of carbonyl (C=O) groups is 2.